The summed E-state index contributed by atoms with van der Waals surface area (Å²) in [5.74, 6) is 2.04. The van der Waals surface area contributed by atoms with Gasteiger partial charge in [-0.2, -0.15) is 0 Å². The summed E-state index contributed by atoms with van der Waals surface area (Å²) in [5, 5.41) is 4.34. The van der Waals surface area contributed by atoms with Crippen molar-refractivity contribution >= 4 is 28.6 Å². The molecular formula is C19H22N4OS. The van der Waals surface area contributed by atoms with Gasteiger partial charge in [-0.05, 0) is 25.8 Å². The quantitative estimate of drug-likeness (QED) is 0.486. The van der Waals surface area contributed by atoms with Crippen molar-refractivity contribution in [2.24, 2.45) is 5.92 Å². The third-order valence-corrected chi connectivity index (χ3v) is 5.80. The van der Waals surface area contributed by atoms with Crippen LogP contribution in [0.25, 0.3) is 10.9 Å². The first-order chi connectivity index (χ1) is 12.2. The Morgan fingerprint density at radius 1 is 1.40 bits per heavy atom. The number of amides is 1. The number of aromatic amines is 2. The van der Waals surface area contributed by atoms with Crippen molar-refractivity contribution in [3.05, 3.63) is 47.7 Å². The topological polar surface area (TPSA) is 73.6 Å². The van der Waals surface area contributed by atoms with Crippen molar-refractivity contribution in [2.75, 3.05) is 12.3 Å². The number of fused-ring (bicyclic) bond motifs is 2. The highest BCUT2D eigenvalue weighted by atomic mass is 32.2. The summed E-state index contributed by atoms with van der Waals surface area (Å²) >= 11 is 1.77. The Hall–Kier alpha value is -2.21. The Kier molecular flexibility index (Phi) is 4.53. The highest BCUT2D eigenvalue weighted by Crippen LogP contribution is 2.27. The largest absolute Gasteiger partial charge is 0.360 e. The third kappa shape index (κ3) is 3.44. The fourth-order valence-corrected chi connectivity index (χ4v) is 4.39. The molecule has 0 spiro atoms. The van der Waals surface area contributed by atoms with Crippen LogP contribution in [0.5, 0.6) is 0 Å². The predicted molar refractivity (Wildman–Crippen MR) is 101 cm³/mol. The van der Waals surface area contributed by atoms with E-state index < -0.39 is 0 Å². The summed E-state index contributed by atoms with van der Waals surface area (Å²) in [7, 11) is 0. The van der Waals surface area contributed by atoms with Crippen LogP contribution < -0.4 is 5.32 Å². The minimum atomic E-state index is 0.0606. The van der Waals surface area contributed by atoms with Gasteiger partial charge in [0, 0.05) is 52.3 Å². The molecule has 1 unspecified atom stereocenters. The number of hydrogen-bond acceptors (Lipinski definition) is 3. The summed E-state index contributed by atoms with van der Waals surface area (Å²) < 4.78 is 0. The lowest BCUT2D eigenvalue weighted by molar-refractivity contribution is -0.125. The standard InChI is InChI=1S/C19H22N4OS/c1-12-22-16-7-6-13(10-17(16)23-12)19(24)20-8-9-25-18-11-21-15-5-3-2-4-14(15)18/h2-5,11,13,21H,6-10H2,1H3,(H,20,24)(H,22,23). The average Bonchev–Trinajstić information content (AvgIpc) is 3.20. The number of H-pyrrole nitrogens is 2. The SMILES string of the molecule is Cc1nc2c([nH]1)CC(C(=O)NCCSc1c[nH]c3ccccc13)CC2. The van der Waals surface area contributed by atoms with E-state index in [1.807, 2.05) is 19.2 Å². The first-order valence-corrected chi connectivity index (χ1v) is 9.70. The normalized spacial score (nSPS) is 16.8. The molecule has 6 heteroatoms. The molecule has 130 valence electrons. The van der Waals surface area contributed by atoms with Crippen LogP contribution in [0, 0.1) is 12.8 Å². The fourth-order valence-electron chi connectivity index (χ4n) is 3.49. The Labute approximate surface area is 151 Å². The van der Waals surface area contributed by atoms with E-state index in [1.165, 1.54) is 10.3 Å². The summed E-state index contributed by atoms with van der Waals surface area (Å²) in [6.07, 6.45) is 4.60. The number of nitrogens with one attached hydrogen (secondary N) is 3. The summed E-state index contributed by atoms with van der Waals surface area (Å²) in [6, 6.07) is 8.29. The average molecular weight is 354 g/mol. The van der Waals surface area contributed by atoms with Gasteiger partial charge in [0.2, 0.25) is 5.91 Å². The van der Waals surface area contributed by atoms with Crippen LogP contribution >= 0.6 is 11.8 Å². The number of rotatable bonds is 5. The van der Waals surface area contributed by atoms with Crippen LogP contribution in [-0.4, -0.2) is 33.2 Å². The number of aryl methyl sites for hydroxylation is 2. The molecule has 0 fully saturated rings. The molecule has 0 radical (unpaired) electrons. The van der Waals surface area contributed by atoms with E-state index in [4.69, 9.17) is 0 Å². The highest BCUT2D eigenvalue weighted by molar-refractivity contribution is 7.99. The van der Waals surface area contributed by atoms with Crippen molar-refractivity contribution in [3.63, 3.8) is 0 Å². The van der Waals surface area contributed by atoms with Gasteiger partial charge >= 0.3 is 0 Å². The van der Waals surface area contributed by atoms with E-state index in [-0.39, 0.29) is 11.8 Å². The van der Waals surface area contributed by atoms with E-state index in [0.717, 1.165) is 47.7 Å². The number of hydrogen-bond donors (Lipinski definition) is 3. The van der Waals surface area contributed by atoms with Crippen molar-refractivity contribution in [1.82, 2.24) is 20.3 Å². The molecule has 25 heavy (non-hydrogen) atoms. The second-order valence-electron chi connectivity index (χ2n) is 6.53. The van der Waals surface area contributed by atoms with Gasteiger partial charge in [-0.1, -0.05) is 18.2 Å². The number of nitrogens with zero attached hydrogens (tertiary/aromatic N) is 1. The maximum atomic E-state index is 12.4. The Balaban J connectivity index is 1.27. The Bertz CT molecular complexity index is 898. The molecule has 3 N–H and O–H groups in total. The van der Waals surface area contributed by atoms with Crippen LogP contribution in [0.2, 0.25) is 0 Å². The number of carbonyl (C=O) groups is 1. The van der Waals surface area contributed by atoms with Gasteiger partial charge in [0.1, 0.15) is 5.82 Å². The molecule has 2 aromatic heterocycles. The van der Waals surface area contributed by atoms with E-state index in [2.05, 4.69) is 38.5 Å². The molecule has 0 bridgehead atoms. The van der Waals surface area contributed by atoms with E-state index in [9.17, 15) is 4.79 Å². The van der Waals surface area contributed by atoms with E-state index in [0.29, 0.717) is 6.54 Å². The molecular weight excluding hydrogens is 332 g/mol. The molecule has 0 aliphatic heterocycles. The molecule has 3 aromatic rings. The first-order valence-electron chi connectivity index (χ1n) is 8.71. The zero-order chi connectivity index (χ0) is 17.2. The molecule has 5 nitrogen and oxygen atoms in total. The molecule has 1 aromatic carbocycles. The molecule has 4 rings (SSSR count). The lowest BCUT2D eigenvalue weighted by Gasteiger charge is -2.20. The zero-order valence-corrected chi connectivity index (χ0v) is 15.1. The van der Waals surface area contributed by atoms with Gasteiger partial charge in [0.05, 0.1) is 5.69 Å². The lowest BCUT2D eigenvalue weighted by Crippen LogP contribution is -2.35. The van der Waals surface area contributed by atoms with Crippen LogP contribution in [0.3, 0.4) is 0 Å². The summed E-state index contributed by atoms with van der Waals surface area (Å²) in [6.45, 7) is 2.66. The van der Waals surface area contributed by atoms with Gasteiger partial charge < -0.3 is 15.3 Å². The molecule has 1 aliphatic carbocycles. The molecule has 0 saturated heterocycles. The maximum absolute atomic E-state index is 12.4. The van der Waals surface area contributed by atoms with E-state index >= 15 is 0 Å². The smallest absolute Gasteiger partial charge is 0.223 e. The molecule has 1 amide bonds. The highest BCUT2D eigenvalue weighted by Gasteiger charge is 2.26. The molecule has 1 aliphatic rings. The number of imidazole rings is 1. The predicted octanol–water partition coefficient (Wildman–Crippen LogP) is 3.21. The number of aromatic nitrogens is 3. The molecule has 0 saturated carbocycles. The fraction of sp³-hybridized carbons (Fsp3) is 0.368. The minimum Gasteiger partial charge on any atom is -0.360 e. The van der Waals surface area contributed by atoms with Crippen molar-refractivity contribution < 1.29 is 4.79 Å². The summed E-state index contributed by atoms with van der Waals surface area (Å²) in [5.41, 5.74) is 3.43. The monoisotopic (exact) mass is 354 g/mol. The van der Waals surface area contributed by atoms with Gasteiger partial charge in [-0.25, -0.2) is 4.98 Å². The van der Waals surface area contributed by atoms with Crippen LogP contribution in [0.4, 0.5) is 0 Å². The Morgan fingerprint density at radius 2 is 2.28 bits per heavy atom. The van der Waals surface area contributed by atoms with Crippen LogP contribution in [0.1, 0.15) is 23.6 Å². The van der Waals surface area contributed by atoms with Crippen molar-refractivity contribution in [3.8, 4) is 0 Å². The van der Waals surface area contributed by atoms with Gasteiger partial charge in [-0.15, -0.1) is 11.8 Å². The Morgan fingerprint density at radius 3 is 3.20 bits per heavy atom. The maximum Gasteiger partial charge on any atom is 0.223 e. The zero-order valence-electron chi connectivity index (χ0n) is 14.3. The van der Waals surface area contributed by atoms with E-state index in [1.54, 1.807) is 11.8 Å². The lowest BCUT2D eigenvalue weighted by atomic mass is 9.89. The van der Waals surface area contributed by atoms with Crippen molar-refractivity contribution in [1.29, 1.82) is 0 Å². The second kappa shape index (κ2) is 6.96. The molecule has 1 atom stereocenters. The number of thioether (sulfide) groups is 1. The second-order valence-corrected chi connectivity index (χ2v) is 7.66. The first kappa shape index (κ1) is 16.3. The number of carbonyl (C=O) groups excluding carboxylic acids is 1. The van der Waals surface area contributed by atoms with Crippen LogP contribution in [-0.2, 0) is 17.6 Å². The summed E-state index contributed by atoms with van der Waals surface area (Å²) in [4.78, 5) is 24.7. The minimum absolute atomic E-state index is 0.0606. The van der Waals surface area contributed by atoms with Crippen molar-refractivity contribution in [2.45, 2.75) is 31.1 Å². The number of para-hydroxylation sites is 1. The van der Waals surface area contributed by atoms with Gasteiger partial charge in [-0.3, -0.25) is 4.79 Å². The van der Waals surface area contributed by atoms with Crippen LogP contribution in [0.15, 0.2) is 35.4 Å². The number of benzene rings is 1. The van der Waals surface area contributed by atoms with Gasteiger partial charge in [0.15, 0.2) is 0 Å². The molecule has 2 heterocycles. The third-order valence-electron chi connectivity index (χ3n) is 4.74. The van der Waals surface area contributed by atoms with Gasteiger partial charge in [0.25, 0.3) is 0 Å².